The molecule has 1 unspecified atom stereocenters. The van der Waals surface area contributed by atoms with Crippen LogP contribution in [0.25, 0.3) is 0 Å². The van der Waals surface area contributed by atoms with Gasteiger partial charge in [0.05, 0.1) is 6.26 Å². The summed E-state index contributed by atoms with van der Waals surface area (Å²) in [5, 5.41) is 4.44. The minimum atomic E-state index is 0.461. The maximum atomic E-state index is 6.03. The standard InChI is InChI=1S/C17H20ClNO2/c18-14-5-6-16-13(11-14)4-7-17(16)19-8-2-9-20-12-15-3-1-10-21-15/h1,3,5-6,10-11,17,19H,2,4,7-9,12H2. The van der Waals surface area contributed by atoms with Crippen LogP contribution in [-0.2, 0) is 17.8 Å². The Morgan fingerprint density at radius 1 is 1.33 bits per heavy atom. The second-order valence-electron chi connectivity index (χ2n) is 5.37. The number of fused-ring (bicyclic) bond motifs is 1. The highest BCUT2D eigenvalue weighted by molar-refractivity contribution is 6.30. The molecule has 1 aromatic heterocycles. The van der Waals surface area contributed by atoms with Crippen LogP contribution in [0.5, 0.6) is 0 Å². The van der Waals surface area contributed by atoms with E-state index in [0.717, 1.165) is 43.2 Å². The first-order chi connectivity index (χ1) is 10.3. The van der Waals surface area contributed by atoms with Crippen LogP contribution in [0.4, 0.5) is 0 Å². The van der Waals surface area contributed by atoms with Gasteiger partial charge < -0.3 is 14.5 Å². The molecule has 1 N–H and O–H groups in total. The van der Waals surface area contributed by atoms with Gasteiger partial charge in [-0.1, -0.05) is 17.7 Å². The van der Waals surface area contributed by atoms with Gasteiger partial charge in [0.25, 0.3) is 0 Å². The van der Waals surface area contributed by atoms with Gasteiger partial charge in [0.15, 0.2) is 0 Å². The van der Waals surface area contributed by atoms with Crippen molar-refractivity contribution in [1.29, 1.82) is 0 Å². The number of benzene rings is 1. The van der Waals surface area contributed by atoms with Gasteiger partial charge in [0.1, 0.15) is 12.4 Å². The molecule has 0 fully saturated rings. The number of ether oxygens (including phenoxy) is 1. The average Bonchev–Trinajstić information content (AvgIpc) is 3.12. The Morgan fingerprint density at radius 3 is 3.14 bits per heavy atom. The van der Waals surface area contributed by atoms with Crippen LogP contribution in [0, 0.1) is 0 Å². The molecule has 0 bridgehead atoms. The van der Waals surface area contributed by atoms with Crippen molar-refractivity contribution < 1.29 is 9.15 Å². The molecule has 1 aliphatic rings. The van der Waals surface area contributed by atoms with Gasteiger partial charge in [0, 0.05) is 17.7 Å². The Hall–Kier alpha value is -1.29. The first-order valence-electron chi connectivity index (χ1n) is 7.45. The number of furan rings is 1. The third-order valence-electron chi connectivity index (χ3n) is 3.86. The van der Waals surface area contributed by atoms with E-state index >= 15 is 0 Å². The fourth-order valence-electron chi connectivity index (χ4n) is 2.82. The van der Waals surface area contributed by atoms with Crippen molar-refractivity contribution in [1.82, 2.24) is 5.32 Å². The van der Waals surface area contributed by atoms with Crippen molar-refractivity contribution in [3.05, 3.63) is 58.5 Å². The van der Waals surface area contributed by atoms with E-state index in [1.54, 1.807) is 6.26 Å². The molecule has 0 aliphatic heterocycles. The Morgan fingerprint density at radius 2 is 2.29 bits per heavy atom. The lowest BCUT2D eigenvalue weighted by atomic mass is 10.1. The van der Waals surface area contributed by atoms with Crippen molar-refractivity contribution in [3.63, 3.8) is 0 Å². The van der Waals surface area contributed by atoms with E-state index in [0.29, 0.717) is 12.6 Å². The van der Waals surface area contributed by atoms with Gasteiger partial charge >= 0.3 is 0 Å². The van der Waals surface area contributed by atoms with Gasteiger partial charge in [-0.25, -0.2) is 0 Å². The molecule has 3 rings (SSSR count). The summed E-state index contributed by atoms with van der Waals surface area (Å²) in [7, 11) is 0. The predicted octanol–water partition coefficient (Wildman–Crippen LogP) is 4.12. The molecule has 0 saturated carbocycles. The molecule has 1 aromatic carbocycles. The molecule has 1 heterocycles. The normalized spacial score (nSPS) is 17.1. The van der Waals surface area contributed by atoms with Crippen LogP contribution >= 0.6 is 11.6 Å². The second kappa shape index (κ2) is 7.12. The van der Waals surface area contributed by atoms with Crippen molar-refractivity contribution in [2.45, 2.75) is 31.9 Å². The Labute approximate surface area is 130 Å². The molecular formula is C17H20ClNO2. The van der Waals surface area contributed by atoms with E-state index in [-0.39, 0.29) is 0 Å². The van der Waals surface area contributed by atoms with E-state index in [4.69, 9.17) is 20.8 Å². The summed E-state index contributed by atoms with van der Waals surface area (Å²) < 4.78 is 10.8. The minimum Gasteiger partial charge on any atom is -0.467 e. The van der Waals surface area contributed by atoms with E-state index in [1.165, 1.54) is 11.1 Å². The Balaban J connectivity index is 1.35. The minimum absolute atomic E-state index is 0.461. The molecule has 21 heavy (non-hydrogen) atoms. The number of nitrogens with one attached hydrogen (secondary N) is 1. The van der Waals surface area contributed by atoms with Crippen LogP contribution in [0.3, 0.4) is 0 Å². The molecule has 1 aliphatic carbocycles. The molecule has 1 atom stereocenters. The van der Waals surface area contributed by atoms with Crippen molar-refractivity contribution in [3.8, 4) is 0 Å². The summed E-state index contributed by atoms with van der Waals surface area (Å²) >= 11 is 6.03. The van der Waals surface area contributed by atoms with Gasteiger partial charge in [-0.3, -0.25) is 0 Å². The zero-order valence-corrected chi connectivity index (χ0v) is 12.7. The third-order valence-corrected chi connectivity index (χ3v) is 4.10. The first-order valence-corrected chi connectivity index (χ1v) is 7.82. The van der Waals surface area contributed by atoms with Gasteiger partial charge in [-0.2, -0.15) is 0 Å². The van der Waals surface area contributed by atoms with E-state index in [9.17, 15) is 0 Å². The molecule has 0 spiro atoms. The van der Waals surface area contributed by atoms with E-state index in [2.05, 4.69) is 17.4 Å². The molecule has 4 heteroatoms. The predicted molar refractivity (Wildman–Crippen MR) is 83.5 cm³/mol. The van der Waals surface area contributed by atoms with E-state index in [1.807, 2.05) is 18.2 Å². The SMILES string of the molecule is Clc1ccc2c(c1)CCC2NCCCOCc1ccco1. The van der Waals surface area contributed by atoms with Crippen LogP contribution in [0.1, 0.15) is 35.8 Å². The maximum absolute atomic E-state index is 6.03. The summed E-state index contributed by atoms with van der Waals surface area (Å²) in [5.74, 6) is 0.879. The fraction of sp³-hybridized carbons (Fsp3) is 0.412. The highest BCUT2D eigenvalue weighted by Crippen LogP contribution is 2.32. The average molecular weight is 306 g/mol. The lowest BCUT2D eigenvalue weighted by Crippen LogP contribution is -2.21. The fourth-order valence-corrected chi connectivity index (χ4v) is 3.01. The number of rotatable bonds is 7. The van der Waals surface area contributed by atoms with Gasteiger partial charge in [0.2, 0.25) is 0 Å². The molecule has 0 saturated heterocycles. The highest BCUT2D eigenvalue weighted by Gasteiger charge is 2.21. The lowest BCUT2D eigenvalue weighted by Gasteiger charge is -2.14. The summed E-state index contributed by atoms with van der Waals surface area (Å²) in [6, 6.07) is 10.5. The van der Waals surface area contributed by atoms with Crippen molar-refractivity contribution in [2.75, 3.05) is 13.2 Å². The molecule has 2 aromatic rings. The second-order valence-corrected chi connectivity index (χ2v) is 5.81. The molecule has 0 amide bonds. The smallest absolute Gasteiger partial charge is 0.129 e. The van der Waals surface area contributed by atoms with Crippen LogP contribution in [-0.4, -0.2) is 13.2 Å². The quantitative estimate of drug-likeness (QED) is 0.782. The van der Waals surface area contributed by atoms with Crippen molar-refractivity contribution in [2.24, 2.45) is 0 Å². The van der Waals surface area contributed by atoms with Crippen LogP contribution in [0.15, 0.2) is 41.0 Å². The highest BCUT2D eigenvalue weighted by atomic mass is 35.5. The Bertz CT molecular complexity index is 568. The third kappa shape index (κ3) is 3.88. The monoisotopic (exact) mass is 305 g/mol. The van der Waals surface area contributed by atoms with Crippen molar-refractivity contribution >= 4 is 11.6 Å². The zero-order valence-electron chi connectivity index (χ0n) is 12.0. The first kappa shape index (κ1) is 14.6. The number of halogens is 1. The number of aryl methyl sites for hydroxylation is 1. The lowest BCUT2D eigenvalue weighted by molar-refractivity contribution is 0.103. The molecule has 112 valence electrons. The summed E-state index contributed by atoms with van der Waals surface area (Å²) in [4.78, 5) is 0. The van der Waals surface area contributed by atoms with Gasteiger partial charge in [-0.15, -0.1) is 0 Å². The van der Waals surface area contributed by atoms with Gasteiger partial charge in [-0.05, 0) is 61.2 Å². The number of hydrogen-bond donors (Lipinski definition) is 1. The Kier molecular flexibility index (Phi) is 4.96. The largest absolute Gasteiger partial charge is 0.467 e. The summed E-state index contributed by atoms with van der Waals surface area (Å²) in [6.45, 7) is 2.26. The summed E-state index contributed by atoms with van der Waals surface area (Å²) in [5.41, 5.74) is 2.78. The molecule has 3 nitrogen and oxygen atoms in total. The van der Waals surface area contributed by atoms with E-state index < -0.39 is 0 Å². The topological polar surface area (TPSA) is 34.4 Å². The van der Waals surface area contributed by atoms with Crippen LogP contribution in [0.2, 0.25) is 5.02 Å². The number of hydrogen-bond acceptors (Lipinski definition) is 3. The molecule has 0 radical (unpaired) electrons. The maximum Gasteiger partial charge on any atom is 0.129 e. The summed E-state index contributed by atoms with van der Waals surface area (Å²) in [6.07, 6.45) is 4.94. The molecular weight excluding hydrogens is 286 g/mol. The van der Waals surface area contributed by atoms with Crippen LogP contribution < -0.4 is 5.32 Å². The zero-order chi connectivity index (χ0) is 14.5.